The van der Waals surface area contributed by atoms with E-state index in [1.807, 2.05) is 25.1 Å². The first-order valence-corrected chi connectivity index (χ1v) is 10.6. The summed E-state index contributed by atoms with van der Waals surface area (Å²) < 4.78 is 32.9. The Morgan fingerprint density at radius 3 is 2.63 bits per heavy atom. The van der Waals surface area contributed by atoms with Gasteiger partial charge in [0.05, 0.1) is 11.4 Å². The monoisotopic (exact) mass is 405 g/mol. The first-order valence-electron chi connectivity index (χ1n) is 8.76. The van der Waals surface area contributed by atoms with Crippen molar-refractivity contribution in [3.63, 3.8) is 0 Å². The lowest BCUT2D eigenvalue weighted by molar-refractivity contribution is 0.169. The molecular formula is C19H20ClN3O3S. The number of oxazole rings is 1. The van der Waals surface area contributed by atoms with Crippen LogP contribution in [0.15, 0.2) is 51.8 Å². The van der Waals surface area contributed by atoms with Gasteiger partial charge in [-0.3, -0.25) is 4.90 Å². The molecule has 0 aliphatic carbocycles. The van der Waals surface area contributed by atoms with Gasteiger partial charge >= 0.3 is 0 Å². The molecule has 1 saturated heterocycles. The molecule has 1 aliphatic heterocycles. The van der Waals surface area contributed by atoms with Crippen molar-refractivity contribution in [1.82, 2.24) is 14.2 Å². The number of benzene rings is 2. The molecule has 2 heterocycles. The highest BCUT2D eigenvalue weighted by molar-refractivity contribution is 7.89. The fraction of sp³-hybridized carbons (Fsp3) is 0.316. The van der Waals surface area contributed by atoms with E-state index in [9.17, 15) is 8.42 Å². The second kappa shape index (κ2) is 7.24. The third kappa shape index (κ3) is 3.87. The average molecular weight is 406 g/mol. The third-order valence-corrected chi connectivity index (χ3v) is 6.84. The van der Waals surface area contributed by atoms with Crippen LogP contribution in [0.3, 0.4) is 0 Å². The highest BCUT2D eigenvalue weighted by atomic mass is 35.5. The fourth-order valence-corrected chi connectivity index (χ4v) is 4.97. The van der Waals surface area contributed by atoms with E-state index in [2.05, 4.69) is 9.88 Å². The molecule has 0 spiro atoms. The van der Waals surface area contributed by atoms with Crippen LogP contribution >= 0.6 is 11.6 Å². The summed E-state index contributed by atoms with van der Waals surface area (Å²) in [6.45, 7) is 4.68. The van der Waals surface area contributed by atoms with Crippen LogP contribution in [0.25, 0.3) is 11.1 Å². The molecule has 142 valence electrons. The van der Waals surface area contributed by atoms with Gasteiger partial charge in [0.15, 0.2) is 5.58 Å². The number of sulfonamides is 1. The molecule has 27 heavy (non-hydrogen) atoms. The van der Waals surface area contributed by atoms with Gasteiger partial charge < -0.3 is 4.42 Å². The van der Waals surface area contributed by atoms with E-state index in [4.69, 9.17) is 16.0 Å². The zero-order valence-electron chi connectivity index (χ0n) is 14.9. The van der Waals surface area contributed by atoms with Crippen molar-refractivity contribution in [3.8, 4) is 0 Å². The second-order valence-corrected chi connectivity index (χ2v) is 9.09. The van der Waals surface area contributed by atoms with Gasteiger partial charge in [-0.2, -0.15) is 4.31 Å². The number of fused-ring (bicyclic) bond motifs is 1. The minimum atomic E-state index is -3.52. The van der Waals surface area contributed by atoms with E-state index in [-0.39, 0.29) is 4.90 Å². The Kier molecular flexibility index (Phi) is 4.94. The molecule has 8 heteroatoms. The average Bonchev–Trinajstić information content (AvgIpc) is 3.03. The van der Waals surface area contributed by atoms with Crippen LogP contribution in [0.1, 0.15) is 11.5 Å². The van der Waals surface area contributed by atoms with Gasteiger partial charge in [-0.15, -0.1) is 0 Å². The van der Waals surface area contributed by atoms with E-state index in [1.165, 1.54) is 10.4 Å². The molecule has 6 nitrogen and oxygen atoms in total. The summed E-state index contributed by atoms with van der Waals surface area (Å²) >= 11 is 5.94. The van der Waals surface area contributed by atoms with E-state index in [0.29, 0.717) is 43.6 Å². The van der Waals surface area contributed by atoms with Gasteiger partial charge in [-0.25, -0.2) is 13.4 Å². The molecule has 4 rings (SSSR count). The van der Waals surface area contributed by atoms with Crippen LogP contribution in [0, 0.1) is 6.92 Å². The lowest BCUT2D eigenvalue weighted by Gasteiger charge is -2.33. The summed E-state index contributed by atoms with van der Waals surface area (Å²) in [5.41, 5.74) is 2.76. The van der Waals surface area contributed by atoms with Gasteiger partial charge in [0.1, 0.15) is 5.52 Å². The summed E-state index contributed by atoms with van der Waals surface area (Å²) in [4.78, 5) is 6.91. The molecule has 2 aromatic carbocycles. The van der Waals surface area contributed by atoms with Crippen LogP contribution in [0.5, 0.6) is 0 Å². The molecule has 0 bridgehead atoms. The van der Waals surface area contributed by atoms with Crippen molar-refractivity contribution in [1.29, 1.82) is 0 Å². The second-order valence-electron chi connectivity index (χ2n) is 6.72. The predicted molar refractivity (Wildman–Crippen MR) is 104 cm³/mol. The number of nitrogens with zero attached hydrogens (tertiary/aromatic N) is 3. The number of halogens is 1. The molecule has 1 aliphatic rings. The third-order valence-electron chi connectivity index (χ3n) is 4.71. The molecule has 3 aromatic rings. The first-order chi connectivity index (χ1) is 12.9. The maximum atomic E-state index is 12.8. The molecule has 0 saturated carbocycles. The summed E-state index contributed by atoms with van der Waals surface area (Å²) in [5.74, 6) is 0.654. The van der Waals surface area contributed by atoms with Crippen LogP contribution in [-0.2, 0) is 16.6 Å². The van der Waals surface area contributed by atoms with Crippen molar-refractivity contribution in [2.24, 2.45) is 0 Å². The Bertz CT molecular complexity index is 1070. The molecule has 0 N–H and O–H groups in total. The zero-order chi connectivity index (χ0) is 19.0. The maximum Gasteiger partial charge on any atom is 0.243 e. The quantitative estimate of drug-likeness (QED) is 0.666. The van der Waals surface area contributed by atoms with Gasteiger partial charge in [-0.05, 0) is 42.8 Å². The van der Waals surface area contributed by atoms with Crippen molar-refractivity contribution < 1.29 is 12.8 Å². The van der Waals surface area contributed by atoms with E-state index >= 15 is 0 Å². The van der Waals surface area contributed by atoms with E-state index in [1.54, 1.807) is 18.2 Å². The van der Waals surface area contributed by atoms with Crippen LogP contribution in [-0.4, -0.2) is 48.8 Å². The molecule has 1 fully saturated rings. The first kappa shape index (κ1) is 18.4. The van der Waals surface area contributed by atoms with Crippen molar-refractivity contribution >= 4 is 32.7 Å². The highest BCUT2D eigenvalue weighted by Gasteiger charge is 2.29. The van der Waals surface area contributed by atoms with Crippen LogP contribution in [0.4, 0.5) is 0 Å². The van der Waals surface area contributed by atoms with Crippen molar-refractivity contribution in [2.45, 2.75) is 18.4 Å². The Hall–Kier alpha value is -1.93. The minimum Gasteiger partial charge on any atom is -0.439 e. The number of hydrogen-bond acceptors (Lipinski definition) is 5. The smallest absolute Gasteiger partial charge is 0.243 e. The van der Waals surface area contributed by atoms with Crippen LogP contribution in [0.2, 0.25) is 5.02 Å². The summed E-state index contributed by atoms with van der Waals surface area (Å²) in [5, 5.41) is 0.418. The van der Waals surface area contributed by atoms with Crippen molar-refractivity contribution in [3.05, 3.63) is 58.9 Å². The number of aryl methyl sites for hydroxylation is 1. The predicted octanol–water partition coefficient (Wildman–Crippen LogP) is 3.30. The lowest BCUT2D eigenvalue weighted by atomic mass is 10.2. The maximum absolute atomic E-state index is 12.8. The molecular weight excluding hydrogens is 386 g/mol. The minimum absolute atomic E-state index is 0.234. The fourth-order valence-electron chi connectivity index (χ4n) is 3.24. The molecule has 0 unspecified atom stereocenters. The number of piperazine rings is 1. The molecule has 0 atom stereocenters. The number of rotatable bonds is 4. The highest BCUT2D eigenvalue weighted by Crippen LogP contribution is 2.22. The van der Waals surface area contributed by atoms with Gasteiger partial charge in [0, 0.05) is 31.2 Å². The topological polar surface area (TPSA) is 66.7 Å². The Labute approximate surface area is 163 Å². The van der Waals surface area contributed by atoms with Gasteiger partial charge in [-0.1, -0.05) is 23.7 Å². The standard InChI is InChI=1S/C19H20ClN3O3S/c1-14-5-6-17-18(11-14)26-19(21-17)13-22-7-9-23(10-8-22)27(24,25)16-4-2-3-15(20)12-16/h2-6,11-12H,7-10,13H2,1H3. The Balaban J connectivity index is 1.42. The SMILES string of the molecule is Cc1ccc2nc(CN3CCN(S(=O)(=O)c4cccc(Cl)c4)CC3)oc2c1. The summed E-state index contributed by atoms with van der Waals surface area (Å²) in [6, 6.07) is 12.3. The summed E-state index contributed by atoms with van der Waals surface area (Å²) in [7, 11) is -3.52. The Morgan fingerprint density at radius 1 is 1.11 bits per heavy atom. The van der Waals surface area contributed by atoms with Crippen molar-refractivity contribution in [2.75, 3.05) is 26.2 Å². The molecule has 1 aromatic heterocycles. The molecule has 0 radical (unpaired) electrons. The lowest BCUT2D eigenvalue weighted by Crippen LogP contribution is -2.48. The number of aromatic nitrogens is 1. The largest absolute Gasteiger partial charge is 0.439 e. The van der Waals surface area contributed by atoms with Crippen LogP contribution < -0.4 is 0 Å². The Morgan fingerprint density at radius 2 is 1.89 bits per heavy atom. The van der Waals surface area contributed by atoms with Gasteiger partial charge in [0.25, 0.3) is 0 Å². The normalized spacial score (nSPS) is 16.8. The zero-order valence-corrected chi connectivity index (χ0v) is 16.5. The van der Waals surface area contributed by atoms with E-state index < -0.39 is 10.0 Å². The summed E-state index contributed by atoms with van der Waals surface area (Å²) in [6.07, 6.45) is 0. The molecule has 0 amide bonds. The number of hydrogen-bond donors (Lipinski definition) is 0. The van der Waals surface area contributed by atoms with Gasteiger partial charge in [0.2, 0.25) is 15.9 Å². The van der Waals surface area contributed by atoms with E-state index in [0.717, 1.165) is 16.7 Å².